The summed E-state index contributed by atoms with van der Waals surface area (Å²) in [5, 5.41) is 2.75. The van der Waals surface area contributed by atoms with E-state index in [0.717, 1.165) is 11.1 Å². The van der Waals surface area contributed by atoms with Crippen LogP contribution in [0.3, 0.4) is 0 Å². The third-order valence-electron chi connectivity index (χ3n) is 5.64. The summed E-state index contributed by atoms with van der Waals surface area (Å²) >= 11 is 0. The van der Waals surface area contributed by atoms with Crippen LogP contribution in [0.5, 0.6) is 0 Å². The number of nitrogens with two attached hydrogens (primary N) is 1. The van der Waals surface area contributed by atoms with Crippen molar-refractivity contribution in [3.8, 4) is 11.1 Å². The molecule has 1 atom stereocenters. The number of fused-ring (bicyclic) bond motifs is 1. The van der Waals surface area contributed by atoms with Crippen LogP contribution in [-0.2, 0) is 4.79 Å². The normalized spacial score (nSPS) is 15.2. The van der Waals surface area contributed by atoms with Crippen LogP contribution in [0.2, 0.25) is 0 Å². The number of hydrogen-bond acceptors (Lipinski definition) is 5. The summed E-state index contributed by atoms with van der Waals surface area (Å²) in [4.78, 5) is 41.0. The van der Waals surface area contributed by atoms with Gasteiger partial charge in [-0.15, -0.1) is 0 Å². The van der Waals surface area contributed by atoms with Gasteiger partial charge in [0.1, 0.15) is 0 Å². The number of hydrogen-bond donors (Lipinski definition) is 2. The molecule has 3 aromatic rings. The molecular formula is C25H26N4O4. The van der Waals surface area contributed by atoms with Gasteiger partial charge in [-0.05, 0) is 54.4 Å². The number of benzene rings is 2. The maximum atomic E-state index is 13.2. The average Bonchev–Trinajstić information content (AvgIpc) is 3.36. The summed E-state index contributed by atoms with van der Waals surface area (Å²) in [5.41, 5.74) is 9.02. The lowest BCUT2D eigenvalue weighted by atomic mass is 9.99. The second-order valence-corrected chi connectivity index (χ2v) is 7.96. The maximum Gasteiger partial charge on any atom is 0.294 e. The van der Waals surface area contributed by atoms with Gasteiger partial charge in [0.2, 0.25) is 5.91 Å². The third kappa shape index (κ3) is 4.38. The maximum absolute atomic E-state index is 13.2. The van der Waals surface area contributed by atoms with Crippen molar-refractivity contribution in [1.29, 1.82) is 0 Å². The molecule has 170 valence electrons. The van der Waals surface area contributed by atoms with Crippen LogP contribution in [-0.4, -0.2) is 43.4 Å². The Balaban J connectivity index is 1.72. The van der Waals surface area contributed by atoms with Crippen molar-refractivity contribution in [1.82, 2.24) is 5.32 Å². The summed E-state index contributed by atoms with van der Waals surface area (Å²) in [6.45, 7) is 4.57. The van der Waals surface area contributed by atoms with Crippen molar-refractivity contribution < 1.29 is 18.8 Å². The molecule has 0 spiro atoms. The molecule has 3 N–H and O–H groups in total. The molecule has 0 radical (unpaired) electrons. The fourth-order valence-corrected chi connectivity index (χ4v) is 4.11. The van der Waals surface area contributed by atoms with Crippen LogP contribution in [0.25, 0.3) is 11.1 Å². The molecule has 1 unspecified atom stereocenters. The molecular weight excluding hydrogens is 420 g/mol. The van der Waals surface area contributed by atoms with Gasteiger partial charge in [-0.2, -0.15) is 0 Å². The summed E-state index contributed by atoms with van der Waals surface area (Å²) in [6.07, 6.45) is 1.46. The van der Waals surface area contributed by atoms with E-state index in [0.29, 0.717) is 36.6 Å². The van der Waals surface area contributed by atoms with E-state index in [4.69, 9.17) is 10.2 Å². The lowest BCUT2D eigenvalue weighted by Crippen LogP contribution is -2.51. The molecule has 1 aliphatic heterocycles. The van der Waals surface area contributed by atoms with E-state index in [1.807, 2.05) is 37.3 Å². The highest BCUT2D eigenvalue weighted by atomic mass is 16.3. The molecule has 1 aromatic heterocycles. The Morgan fingerprint density at radius 1 is 1.06 bits per heavy atom. The minimum atomic E-state index is -0.264. The summed E-state index contributed by atoms with van der Waals surface area (Å²) in [7, 11) is 0. The highest BCUT2D eigenvalue weighted by Gasteiger charge is 2.35. The van der Waals surface area contributed by atoms with E-state index in [-0.39, 0.29) is 29.5 Å². The molecule has 0 fully saturated rings. The lowest BCUT2D eigenvalue weighted by Gasteiger charge is -2.40. The fourth-order valence-electron chi connectivity index (χ4n) is 4.11. The van der Waals surface area contributed by atoms with Gasteiger partial charge in [0.05, 0.1) is 23.7 Å². The van der Waals surface area contributed by atoms with Crippen molar-refractivity contribution in [2.24, 2.45) is 5.73 Å². The Labute approximate surface area is 192 Å². The van der Waals surface area contributed by atoms with Crippen molar-refractivity contribution in [2.45, 2.75) is 19.9 Å². The van der Waals surface area contributed by atoms with Crippen molar-refractivity contribution in [3.05, 3.63) is 72.2 Å². The quantitative estimate of drug-likeness (QED) is 0.626. The number of amides is 3. The van der Waals surface area contributed by atoms with Crippen LogP contribution in [0.15, 0.2) is 65.3 Å². The number of rotatable bonds is 5. The number of carbonyl (C=O) groups excluding carboxylic acids is 3. The topological polar surface area (TPSA) is 109 Å². The van der Waals surface area contributed by atoms with E-state index in [1.165, 1.54) is 13.2 Å². The fraction of sp³-hybridized carbons (Fsp3) is 0.240. The van der Waals surface area contributed by atoms with Gasteiger partial charge >= 0.3 is 0 Å². The summed E-state index contributed by atoms with van der Waals surface area (Å²) in [5.74, 6) is -0.295. The molecule has 1 aliphatic rings. The zero-order chi connectivity index (χ0) is 23.5. The highest BCUT2D eigenvalue weighted by Crippen LogP contribution is 2.39. The third-order valence-corrected chi connectivity index (χ3v) is 5.64. The van der Waals surface area contributed by atoms with Crippen LogP contribution in [0.1, 0.15) is 34.8 Å². The second kappa shape index (κ2) is 9.30. The molecule has 0 saturated heterocycles. The molecule has 8 nitrogen and oxygen atoms in total. The number of furan rings is 1. The largest absolute Gasteiger partial charge is 0.459 e. The van der Waals surface area contributed by atoms with Gasteiger partial charge in [0.25, 0.3) is 11.8 Å². The monoisotopic (exact) mass is 446 g/mol. The molecule has 4 rings (SSSR count). The molecule has 0 aliphatic carbocycles. The Morgan fingerprint density at radius 2 is 1.79 bits per heavy atom. The second-order valence-electron chi connectivity index (χ2n) is 7.96. The summed E-state index contributed by atoms with van der Waals surface area (Å²) in [6, 6.07) is 16.0. The predicted octanol–water partition coefficient (Wildman–Crippen LogP) is 3.04. The van der Waals surface area contributed by atoms with E-state index >= 15 is 0 Å². The number of carbonyl (C=O) groups is 3. The lowest BCUT2D eigenvalue weighted by molar-refractivity contribution is -0.117. The first-order valence-electron chi connectivity index (χ1n) is 10.8. The van der Waals surface area contributed by atoms with Gasteiger partial charge in [0.15, 0.2) is 5.76 Å². The Hall–Kier alpha value is -3.91. The van der Waals surface area contributed by atoms with Gasteiger partial charge in [-0.1, -0.05) is 18.2 Å². The van der Waals surface area contributed by atoms with Gasteiger partial charge in [-0.3, -0.25) is 14.4 Å². The number of nitrogens with one attached hydrogen (secondary N) is 1. The SMILES string of the molecule is CC(=O)N1c2ccc(-c3ccc(C(=O)NCCN)cc3)cc2N(C(=O)c2ccco2)CC1C. The van der Waals surface area contributed by atoms with Crippen LogP contribution < -0.4 is 20.9 Å². The van der Waals surface area contributed by atoms with E-state index in [2.05, 4.69) is 5.32 Å². The minimum Gasteiger partial charge on any atom is -0.459 e. The van der Waals surface area contributed by atoms with E-state index in [1.54, 1.807) is 34.1 Å². The Bertz CT molecular complexity index is 1170. The van der Waals surface area contributed by atoms with E-state index < -0.39 is 0 Å². The van der Waals surface area contributed by atoms with Crippen LogP contribution in [0.4, 0.5) is 11.4 Å². The minimum absolute atomic E-state index is 0.0885. The molecule has 0 bridgehead atoms. The smallest absolute Gasteiger partial charge is 0.294 e. The Kier molecular flexibility index (Phi) is 6.28. The average molecular weight is 447 g/mol. The van der Waals surface area contributed by atoms with Crippen LogP contribution in [0, 0.1) is 0 Å². The molecule has 8 heteroatoms. The summed E-state index contributed by atoms with van der Waals surface area (Å²) < 4.78 is 5.33. The van der Waals surface area contributed by atoms with Crippen LogP contribution >= 0.6 is 0 Å². The molecule has 2 aromatic carbocycles. The Morgan fingerprint density at radius 3 is 2.42 bits per heavy atom. The first-order valence-corrected chi connectivity index (χ1v) is 10.8. The van der Waals surface area contributed by atoms with Crippen molar-refractivity contribution >= 4 is 29.1 Å². The molecule has 0 saturated carbocycles. The van der Waals surface area contributed by atoms with Crippen molar-refractivity contribution in [3.63, 3.8) is 0 Å². The highest BCUT2D eigenvalue weighted by molar-refractivity contribution is 6.10. The van der Waals surface area contributed by atoms with Gasteiger partial charge < -0.3 is 25.3 Å². The number of anilines is 2. The zero-order valence-electron chi connectivity index (χ0n) is 18.6. The van der Waals surface area contributed by atoms with E-state index in [9.17, 15) is 14.4 Å². The first-order chi connectivity index (χ1) is 15.9. The molecule has 33 heavy (non-hydrogen) atoms. The standard InChI is InChI=1S/C25H26N4O4/c1-16-15-28(25(32)23-4-3-13-33-23)22-14-20(9-10-21(22)29(16)17(2)30)18-5-7-19(8-6-18)24(31)27-12-11-26/h3-10,13-14,16H,11-12,15,26H2,1-2H3,(H,27,31). The van der Waals surface area contributed by atoms with Gasteiger partial charge in [-0.25, -0.2) is 0 Å². The van der Waals surface area contributed by atoms with Gasteiger partial charge in [0, 0.05) is 32.1 Å². The molecule has 3 amide bonds. The molecule has 2 heterocycles. The number of nitrogens with zero attached hydrogens (tertiary/aromatic N) is 2. The zero-order valence-corrected chi connectivity index (χ0v) is 18.6. The predicted molar refractivity (Wildman–Crippen MR) is 126 cm³/mol. The van der Waals surface area contributed by atoms with Crippen molar-refractivity contribution in [2.75, 3.05) is 29.4 Å². The first kappa shape index (κ1) is 22.3.